The normalized spacial score (nSPS) is 16.9. The van der Waals surface area contributed by atoms with Crippen molar-refractivity contribution in [3.05, 3.63) is 29.0 Å². The molecule has 1 aromatic rings. The molecule has 98 valence electrons. The van der Waals surface area contributed by atoms with Crippen LogP contribution in [0.15, 0.2) is 18.3 Å². The lowest BCUT2D eigenvalue weighted by Gasteiger charge is -2.31. The highest BCUT2D eigenvalue weighted by Gasteiger charge is 2.23. The Morgan fingerprint density at radius 1 is 1.56 bits per heavy atom. The summed E-state index contributed by atoms with van der Waals surface area (Å²) in [6.07, 6.45) is 3.65. The number of piperidine rings is 1. The average Bonchev–Trinajstić information content (AvgIpc) is 2.39. The molecule has 1 aromatic heterocycles. The van der Waals surface area contributed by atoms with E-state index in [-0.39, 0.29) is 5.91 Å². The van der Waals surface area contributed by atoms with Crippen molar-refractivity contribution in [2.75, 3.05) is 19.7 Å². The highest BCUT2D eigenvalue weighted by molar-refractivity contribution is 6.29. The van der Waals surface area contributed by atoms with Crippen molar-refractivity contribution >= 4 is 17.5 Å². The maximum atomic E-state index is 12.2. The van der Waals surface area contributed by atoms with Gasteiger partial charge in [-0.25, -0.2) is 4.98 Å². The molecule has 0 aromatic carbocycles. The minimum absolute atomic E-state index is 0.0225. The second-order valence-corrected chi connectivity index (χ2v) is 4.70. The first-order chi connectivity index (χ1) is 8.70. The SMILES string of the molecule is CCOC1CCN(C(=O)c2ccnc(Cl)c2)CC1. The summed E-state index contributed by atoms with van der Waals surface area (Å²) in [7, 11) is 0. The van der Waals surface area contributed by atoms with Gasteiger partial charge >= 0.3 is 0 Å². The van der Waals surface area contributed by atoms with Gasteiger partial charge in [-0.05, 0) is 31.9 Å². The summed E-state index contributed by atoms with van der Waals surface area (Å²) in [5.41, 5.74) is 0.602. The molecule has 0 spiro atoms. The monoisotopic (exact) mass is 268 g/mol. The number of aromatic nitrogens is 1. The third-order valence-corrected chi connectivity index (χ3v) is 3.31. The van der Waals surface area contributed by atoms with Crippen LogP contribution in [-0.4, -0.2) is 41.6 Å². The Balaban J connectivity index is 1.95. The molecular formula is C13H17ClN2O2. The highest BCUT2D eigenvalue weighted by atomic mass is 35.5. The summed E-state index contributed by atoms with van der Waals surface area (Å²) in [6, 6.07) is 3.31. The Hall–Kier alpha value is -1.13. The second-order valence-electron chi connectivity index (χ2n) is 4.31. The number of carbonyl (C=O) groups excluding carboxylic acids is 1. The lowest BCUT2D eigenvalue weighted by atomic mass is 10.1. The molecule has 0 N–H and O–H groups in total. The number of halogens is 1. The van der Waals surface area contributed by atoms with E-state index in [9.17, 15) is 4.79 Å². The van der Waals surface area contributed by atoms with E-state index in [1.54, 1.807) is 18.3 Å². The van der Waals surface area contributed by atoms with E-state index in [0.717, 1.165) is 32.5 Å². The van der Waals surface area contributed by atoms with Crippen LogP contribution < -0.4 is 0 Å². The first-order valence-corrected chi connectivity index (χ1v) is 6.61. The van der Waals surface area contributed by atoms with Crippen LogP contribution >= 0.6 is 11.6 Å². The van der Waals surface area contributed by atoms with E-state index in [1.807, 2.05) is 11.8 Å². The zero-order valence-corrected chi connectivity index (χ0v) is 11.2. The molecule has 1 fully saturated rings. The topological polar surface area (TPSA) is 42.4 Å². The zero-order valence-electron chi connectivity index (χ0n) is 10.4. The van der Waals surface area contributed by atoms with Gasteiger partial charge < -0.3 is 9.64 Å². The summed E-state index contributed by atoms with van der Waals surface area (Å²) in [6.45, 7) is 4.21. The molecule has 0 saturated carbocycles. The summed E-state index contributed by atoms with van der Waals surface area (Å²) in [5, 5.41) is 0.352. The van der Waals surface area contributed by atoms with Crippen LogP contribution in [0.5, 0.6) is 0 Å². The van der Waals surface area contributed by atoms with Crippen LogP contribution in [0.4, 0.5) is 0 Å². The lowest BCUT2D eigenvalue weighted by molar-refractivity contribution is 0.0146. The zero-order chi connectivity index (χ0) is 13.0. The number of amides is 1. The molecule has 0 radical (unpaired) electrons. The summed E-state index contributed by atoms with van der Waals surface area (Å²) < 4.78 is 5.57. The smallest absolute Gasteiger partial charge is 0.254 e. The van der Waals surface area contributed by atoms with E-state index in [2.05, 4.69) is 4.98 Å². The maximum Gasteiger partial charge on any atom is 0.254 e. The van der Waals surface area contributed by atoms with Crippen LogP contribution in [0.1, 0.15) is 30.1 Å². The number of nitrogens with zero attached hydrogens (tertiary/aromatic N) is 2. The highest BCUT2D eigenvalue weighted by Crippen LogP contribution is 2.17. The Morgan fingerprint density at radius 3 is 2.89 bits per heavy atom. The second kappa shape index (κ2) is 6.16. The van der Waals surface area contributed by atoms with Crippen LogP contribution in [0.2, 0.25) is 5.15 Å². The van der Waals surface area contributed by atoms with Gasteiger partial charge in [-0.2, -0.15) is 0 Å². The number of pyridine rings is 1. The molecule has 18 heavy (non-hydrogen) atoms. The molecule has 0 bridgehead atoms. The van der Waals surface area contributed by atoms with Crippen molar-refractivity contribution in [1.82, 2.24) is 9.88 Å². The van der Waals surface area contributed by atoms with Gasteiger partial charge in [-0.3, -0.25) is 4.79 Å². The van der Waals surface area contributed by atoms with E-state index < -0.39 is 0 Å². The Bertz CT molecular complexity index is 417. The summed E-state index contributed by atoms with van der Waals surface area (Å²) in [4.78, 5) is 17.9. The quantitative estimate of drug-likeness (QED) is 0.791. The van der Waals surface area contributed by atoms with Crippen LogP contribution in [0.25, 0.3) is 0 Å². The minimum atomic E-state index is 0.0225. The van der Waals surface area contributed by atoms with Gasteiger partial charge in [0.2, 0.25) is 0 Å². The van der Waals surface area contributed by atoms with Gasteiger partial charge in [0, 0.05) is 31.5 Å². The van der Waals surface area contributed by atoms with E-state index in [1.165, 1.54) is 0 Å². The number of rotatable bonds is 3. The first-order valence-electron chi connectivity index (χ1n) is 6.23. The summed E-state index contributed by atoms with van der Waals surface area (Å²) in [5.74, 6) is 0.0225. The van der Waals surface area contributed by atoms with Crippen molar-refractivity contribution in [2.24, 2.45) is 0 Å². The molecule has 0 unspecified atom stereocenters. The molecular weight excluding hydrogens is 252 g/mol. The number of carbonyl (C=O) groups is 1. The molecule has 2 rings (SSSR count). The van der Waals surface area contributed by atoms with Gasteiger partial charge in [0.15, 0.2) is 0 Å². The molecule has 1 saturated heterocycles. The van der Waals surface area contributed by atoms with Crippen molar-refractivity contribution < 1.29 is 9.53 Å². The van der Waals surface area contributed by atoms with Gasteiger partial charge in [0.25, 0.3) is 5.91 Å². The Morgan fingerprint density at radius 2 is 2.28 bits per heavy atom. The fourth-order valence-corrected chi connectivity index (χ4v) is 2.35. The molecule has 4 nitrogen and oxygen atoms in total. The largest absolute Gasteiger partial charge is 0.378 e. The standard InChI is InChI=1S/C13H17ClN2O2/c1-2-18-11-4-7-16(8-5-11)13(17)10-3-6-15-12(14)9-10/h3,6,9,11H,2,4-5,7-8H2,1H3. The van der Waals surface area contributed by atoms with Crippen LogP contribution in [0.3, 0.4) is 0 Å². The third-order valence-electron chi connectivity index (χ3n) is 3.11. The molecule has 0 atom stereocenters. The molecule has 1 aliphatic rings. The van der Waals surface area contributed by atoms with Gasteiger partial charge in [0.05, 0.1) is 6.10 Å². The van der Waals surface area contributed by atoms with Crippen LogP contribution in [-0.2, 0) is 4.74 Å². The molecule has 5 heteroatoms. The van der Waals surface area contributed by atoms with Gasteiger partial charge in [0.1, 0.15) is 5.15 Å². The number of ether oxygens (including phenoxy) is 1. The molecule has 0 aliphatic carbocycles. The van der Waals surface area contributed by atoms with Crippen molar-refractivity contribution in [1.29, 1.82) is 0 Å². The Kier molecular flexibility index (Phi) is 4.55. The first kappa shape index (κ1) is 13.3. The number of hydrogen-bond donors (Lipinski definition) is 0. The van der Waals surface area contributed by atoms with Crippen molar-refractivity contribution in [2.45, 2.75) is 25.9 Å². The fourth-order valence-electron chi connectivity index (χ4n) is 2.18. The average molecular weight is 269 g/mol. The van der Waals surface area contributed by atoms with E-state index in [4.69, 9.17) is 16.3 Å². The number of hydrogen-bond acceptors (Lipinski definition) is 3. The summed E-state index contributed by atoms with van der Waals surface area (Å²) >= 11 is 5.79. The predicted molar refractivity (Wildman–Crippen MR) is 69.8 cm³/mol. The Labute approximate surface area is 112 Å². The minimum Gasteiger partial charge on any atom is -0.378 e. The third kappa shape index (κ3) is 3.21. The molecule has 2 heterocycles. The van der Waals surface area contributed by atoms with Gasteiger partial charge in [-0.1, -0.05) is 11.6 Å². The van der Waals surface area contributed by atoms with Crippen LogP contribution in [0, 0.1) is 0 Å². The molecule has 1 aliphatic heterocycles. The van der Waals surface area contributed by atoms with Crippen molar-refractivity contribution in [3.8, 4) is 0 Å². The maximum absolute atomic E-state index is 12.2. The number of likely N-dealkylation sites (tertiary alicyclic amines) is 1. The lowest BCUT2D eigenvalue weighted by Crippen LogP contribution is -2.40. The predicted octanol–water partition coefficient (Wildman–Crippen LogP) is 2.38. The van der Waals surface area contributed by atoms with Crippen molar-refractivity contribution in [3.63, 3.8) is 0 Å². The van der Waals surface area contributed by atoms with E-state index >= 15 is 0 Å². The fraction of sp³-hybridized carbons (Fsp3) is 0.538. The van der Waals surface area contributed by atoms with E-state index in [0.29, 0.717) is 16.8 Å². The van der Waals surface area contributed by atoms with Gasteiger partial charge in [-0.15, -0.1) is 0 Å². The molecule has 1 amide bonds.